The molecule has 0 fully saturated rings. The summed E-state index contributed by atoms with van der Waals surface area (Å²) in [5, 5.41) is 13.5. The molecule has 0 saturated heterocycles. The number of carbonyl (C=O) groups is 1. The lowest BCUT2D eigenvalue weighted by Crippen LogP contribution is -2.31. The van der Waals surface area contributed by atoms with Crippen molar-refractivity contribution in [1.29, 1.82) is 0 Å². The largest absolute Gasteiger partial charge is 0.350 e. The van der Waals surface area contributed by atoms with Crippen molar-refractivity contribution in [1.82, 2.24) is 5.32 Å². The van der Waals surface area contributed by atoms with E-state index in [1.54, 1.807) is 13.0 Å². The van der Waals surface area contributed by atoms with E-state index in [4.69, 9.17) is 0 Å². The average molecular weight is 236 g/mol. The van der Waals surface area contributed by atoms with E-state index in [0.29, 0.717) is 11.1 Å². The normalized spacial score (nSPS) is 11.9. The Hall–Kier alpha value is -1.91. The number of benzene rings is 1. The fourth-order valence-corrected chi connectivity index (χ4v) is 1.41. The van der Waals surface area contributed by atoms with Gasteiger partial charge < -0.3 is 5.32 Å². The van der Waals surface area contributed by atoms with Gasteiger partial charge in [-0.25, -0.2) is 0 Å². The van der Waals surface area contributed by atoms with Gasteiger partial charge in [-0.05, 0) is 31.9 Å². The maximum Gasteiger partial charge on any atom is 0.270 e. The fraction of sp³-hybridized carbons (Fsp3) is 0.417. The molecule has 1 N–H and O–H groups in total. The SMILES string of the molecule is CCC(C)NC(=O)c1cc(C)cc([N+](=O)[O-])c1. The number of carbonyl (C=O) groups excluding carboxylic acids is 1. The van der Waals surface area contributed by atoms with E-state index < -0.39 is 4.92 Å². The lowest BCUT2D eigenvalue weighted by molar-refractivity contribution is -0.384. The third-order valence-corrected chi connectivity index (χ3v) is 2.52. The minimum atomic E-state index is -0.493. The van der Waals surface area contributed by atoms with Crippen LogP contribution in [0, 0.1) is 17.0 Å². The van der Waals surface area contributed by atoms with Crippen molar-refractivity contribution >= 4 is 11.6 Å². The summed E-state index contributed by atoms with van der Waals surface area (Å²) in [4.78, 5) is 22.0. The topological polar surface area (TPSA) is 72.2 Å². The number of aryl methyl sites for hydroxylation is 1. The summed E-state index contributed by atoms with van der Waals surface area (Å²) in [5.74, 6) is -0.272. The molecule has 1 atom stereocenters. The number of rotatable bonds is 4. The maximum absolute atomic E-state index is 11.8. The molecule has 1 rings (SSSR count). The Morgan fingerprint density at radius 3 is 2.65 bits per heavy atom. The first-order valence-electron chi connectivity index (χ1n) is 5.51. The Morgan fingerprint density at radius 2 is 2.12 bits per heavy atom. The van der Waals surface area contributed by atoms with Crippen molar-refractivity contribution in [3.63, 3.8) is 0 Å². The van der Waals surface area contributed by atoms with Gasteiger partial charge in [-0.15, -0.1) is 0 Å². The van der Waals surface area contributed by atoms with Crippen LogP contribution in [0.4, 0.5) is 5.69 Å². The van der Waals surface area contributed by atoms with E-state index in [9.17, 15) is 14.9 Å². The van der Waals surface area contributed by atoms with Crippen LogP contribution in [-0.2, 0) is 0 Å². The Bertz CT molecular complexity index is 443. The van der Waals surface area contributed by atoms with Gasteiger partial charge in [-0.1, -0.05) is 6.92 Å². The predicted molar refractivity (Wildman–Crippen MR) is 65.1 cm³/mol. The van der Waals surface area contributed by atoms with Crippen molar-refractivity contribution in [2.75, 3.05) is 0 Å². The third-order valence-electron chi connectivity index (χ3n) is 2.52. The number of non-ortho nitro benzene ring substituents is 1. The van der Waals surface area contributed by atoms with Crippen LogP contribution >= 0.6 is 0 Å². The second kappa shape index (κ2) is 5.43. The average Bonchev–Trinajstić information content (AvgIpc) is 2.27. The molecule has 1 unspecified atom stereocenters. The van der Waals surface area contributed by atoms with Crippen molar-refractivity contribution in [2.24, 2.45) is 0 Å². The van der Waals surface area contributed by atoms with E-state index in [2.05, 4.69) is 5.32 Å². The maximum atomic E-state index is 11.8. The molecule has 1 aromatic carbocycles. The Labute approximate surface area is 100.0 Å². The summed E-state index contributed by atoms with van der Waals surface area (Å²) in [6, 6.07) is 4.44. The number of nitrogens with one attached hydrogen (secondary N) is 1. The van der Waals surface area contributed by atoms with E-state index in [-0.39, 0.29) is 17.6 Å². The van der Waals surface area contributed by atoms with E-state index in [1.807, 2.05) is 13.8 Å². The summed E-state index contributed by atoms with van der Waals surface area (Å²) >= 11 is 0. The van der Waals surface area contributed by atoms with E-state index in [0.717, 1.165) is 6.42 Å². The molecule has 17 heavy (non-hydrogen) atoms. The molecular weight excluding hydrogens is 220 g/mol. The van der Waals surface area contributed by atoms with Gasteiger partial charge in [0.25, 0.3) is 11.6 Å². The smallest absolute Gasteiger partial charge is 0.270 e. The lowest BCUT2D eigenvalue weighted by atomic mass is 10.1. The predicted octanol–water partition coefficient (Wildman–Crippen LogP) is 2.43. The first kappa shape index (κ1) is 13.2. The molecule has 92 valence electrons. The molecule has 0 radical (unpaired) electrons. The summed E-state index contributed by atoms with van der Waals surface area (Å²) in [7, 11) is 0. The van der Waals surface area contributed by atoms with Gasteiger partial charge in [0.15, 0.2) is 0 Å². The van der Waals surface area contributed by atoms with Crippen LogP contribution in [0.25, 0.3) is 0 Å². The summed E-state index contributed by atoms with van der Waals surface area (Å²) in [6.45, 7) is 5.58. The van der Waals surface area contributed by atoms with Crippen LogP contribution in [0.1, 0.15) is 36.2 Å². The highest BCUT2D eigenvalue weighted by molar-refractivity contribution is 5.95. The number of amides is 1. The first-order chi connectivity index (χ1) is 7.93. The molecular formula is C12H16N2O3. The number of nitrogens with zero attached hydrogens (tertiary/aromatic N) is 1. The molecule has 1 aromatic rings. The van der Waals surface area contributed by atoms with Gasteiger partial charge in [0.05, 0.1) is 4.92 Å². The summed E-state index contributed by atoms with van der Waals surface area (Å²) in [5.41, 5.74) is 0.977. The zero-order valence-electron chi connectivity index (χ0n) is 10.2. The number of hydrogen-bond donors (Lipinski definition) is 1. The summed E-state index contributed by atoms with van der Waals surface area (Å²) < 4.78 is 0. The number of nitro groups is 1. The molecule has 5 heteroatoms. The van der Waals surface area contributed by atoms with Crippen LogP contribution in [0.3, 0.4) is 0 Å². The molecule has 5 nitrogen and oxygen atoms in total. The van der Waals surface area contributed by atoms with Gasteiger partial charge in [0, 0.05) is 23.7 Å². The Balaban J connectivity index is 2.97. The number of nitro benzene ring substituents is 1. The van der Waals surface area contributed by atoms with Crippen LogP contribution in [-0.4, -0.2) is 16.9 Å². The monoisotopic (exact) mass is 236 g/mol. The van der Waals surface area contributed by atoms with Gasteiger partial charge in [0.1, 0.15) is 0 Å². The molecule has 0 bridgehead atoms. The van der Waals surface area contributed by atoms with Crippen molar-refractivity contribution < 1.29 is 9.72 Å². The molecule has 0 spiro atoms. The van der Waals surface area contributed by atoms with Crippen molar-refractivity contribution in [2.45, 2.75) is 33.2 Å². The second-order valence-electron chi connectivity index (χ2n) is 4.10. The molecule has 0 aliphatic carbocycles. The summed E-state index contributed by atoms with van der Waals surface area (Å²) in [6.07, 6.45) is 0.819. The van der Waals surface area contributed by atoms with Crippen LogP contribution in [0.2, 0.25) is 0 Å². The minimum Gasteiger partial charge on any atom is -0.350 e. The highest BCUT2D eigenvalue weighted by Crippen LogP contribution is 2.16. The fourth-order valence-electron chi connectivity index (χ4n) is 1.41. The number of hydrogen-bond acceptors (Lipinski definition) is 3. The Morgan fingerprint density at radius 1 is 1.47 bits per heavy atom. The van der Waals surface area contributed by atoms with Gasteiger partial charge in [0.2, 0.25) is 0 Å². The van der Waals surface area contributed by atoms with E-state index >= 15 is 0 Å². The molecule has 0 aliphatic heterocycles. The zero-order chi connectivity index (χ0) is 13.0. The molecule has 1 amide bonds. The van der Waals surface area contributed by atoms with Gasteiger partial charge >= 0.3 is 0 Å². The van der Waals surface area contributed by atoms with E-state index in [1.165, 1.54) is 12.1 Å². The Kier molecular flexibility index (Phi) is 4.20. The molecule has 0 saturated carbocycles. The third kappa shape index (κ3) is 3.55. The first-order valence-corrected chi connectivity index (χ1v) is 5.51. The second-order valence-corrected chi connectivity index (χ2v) is 4.10. The molecule has 0 aromatic heterocycles. The van der Waals surface area contributed by atoms with Crippen molar-refractivity contribution in [3.05, 3.63) is 39.4 Å². The zero-order valence-corrected chi connectivity index (χ0v) is 10.2. The highest BCUT2D eigenvalue weighted by Gasteiger charge is 2.14. The van der Waals surface area contributed by atoms with Gasteiger partial charge in [-0.2, -0.15) is 0 Å². The molecule has 0 aliphatic rings. The minimum absolute atomic E-state index is 0.0562. The molecule has 0 heterocycles. The highest BCUT2D eigenvalue weighted by atomic mass is 16.6. The lowest BCUT2D eigenvalue weighted by Gasteiger charge is -2.11. The standard InChI is InChI=1S/C12H16N2O3/c1-4-9(3)13-12(15)10-5-8(2)6-11(7-10)14(16)17/h5-7,9H,4H2,1-3H3,(H,13,15). The van der Waals surface area contributed by atoms with Gasteiger partial charge in [-0.3, -0.25) is 14.9 Å². The van der Waals surface area contributed by atoms with Crippen LogP contribution in [0.5, 0.6) is 0 Å². The van der Waals surface area contributed by atoms with Crippen LogP contribution < -0.4 is 5.32 Å². The quantitative estimate of drug-likeness (QED) is 0.644. The van der Waals surface area contributed by atoms with Crippen molar-refractivity contribution in [3.8, 4) is 0 Å². The van der Waals surface area contributed by atoms with Crippen LogP contribution in [0.15, 0.2) is 18.2 Å².